The monoisotopic (exact) mass is 258 g/mol. The molecule has 0 fully saturated rings. The van der Waals surface area contributed by atoms with Gasteiger partial charge in [-0.3, -0.25) is 0 Å². The Hall–Kier alpha value is -2.45. The Kier molecular flexibility index (Phi) is 2.73. The summed E-state index contributed by atoms with van der Waals surface area (Å²) >= 11 is 0. The topological polar surface area (TPSA) is 80.9 Å². The maximum Gasteiger partial charge on any atom is 0.419 e. The number of carbonyl (C=O) groups is 1. The normalized spacial score (nSPS) is 11.5. The van der Waals surface area contributed by atoms with Crippen LogP contribution in [0.25, 0.3) is 5.82 Å². The SMILES string of the molecule is O=C(O)c1nccnc1-n1cc(C(F)(F)F)cn1. The second kappa shape index (κ2) is 4.09. The van der Waals surface area contributed by atoms with Crippen molar-refractivity contribution in [3.05, 3.63) is 36.0 Å². The number of hydrogen-bond acceptors (Lipinski definition) is 4. The van der Waals surface area contributed by atoms with Gasteiger partial charge in [0.1, 0.15) is 0 Å². The lowest BCUT2D eigenvalue weighted by atomic mass is 10.3. The van der Waals surface area contributed by atoms with Crippen LogP contribution in [0.2, 0.25) is 0 Å². The summed E-state index contributed by atoms with van der Waals surface area (Å²) in [5.74, 6) is -1.68. The van der Waals surface area contributed by atoms with Crippen molar-refractivity contribution in [2.75, 3.05) is 0 Å². The van der Waals surface area contributed by atoms with Crippen LogP contribution in [0.3, 0.4) is 0 Å². The van der Waals surface area contributed by atoms with Gasteiger partial charge in [-0.05, 0) is 0 Å². The molecular formula is C9H5F3N4O2. The molecule has 9 heteroatoms. The lowest BCUT2D eigenvalue weighted by Gasteiger charge is -2.03. The molecule has 2 heterocycles. The minimum absolute atomic E-state index is 0.277. The van der Waals surface area contributed by atoms with Crippen LogP contribution >= 0.6 is 0 Å². The van der Waals surface area contributed by atoms with Crippen LogP contribution in [0.5, 0.6) is 0 Å². The first-order valence-corrected chi connectivity index (χ1v) is 4.56. The molecule has 2 aromatic rings. The fourth-order valence-corrected chi connectivity index (χ4v) is 1.23. The minimum atomic E-state index is -4.55. The highest BCUT2D eigenvalue weighted by atomic mass is 19.4. The van der Waals surface area contributed by atoms with E-state index in [1.807, 2.05) is 0 Å². The van der Waals surface area contributed by atoms with Crippen molar-refractivity contribution in [1.29, 1.82) is 0 Å². The third kappa shape index (κ3) is 2.14. The fraction of sp³-hybridized carbons (Fsp3) is 0.111. The van der Waals surface area contributed by atoms with Gasteiger partial charge < -0.3 is 5.11 Å². The number of aromatic nitrogens is 4. The van der Waals surface area contributed by atoms with Crippen molar-refractivity contribution < 1.29 is 23.1 Å². The first kappa shape index (κ1) is 12.0. The summed E-state index contributed by atoms with van der Waals surface area (Å²) in [6.07, 6.45) is -1.03. The van der Waals surface area contributed by atoms with Crippen LogP contribution in [0.1, 0.15) is 16.1 Å². The van der Waals surface area contributed by atoms with Gasteiger partial charge in [-0.2, -0.15) is 18.3 Å². The maximum absolute atomic E-state index is 12.4. The van der Waals surface area contributed by atoms with E-state index in [1.54, 1.807) is 0 Å². The number of hydrogen-bond donors (Lipinski definition) is 1. The van der Waals surface area contributed by atoms with Gasteiger partial charge in [0.15, 0.2) is 11.5 Å². The summed E-state index contributed by atoms with van der Waals surface area (Å²) in [4.78, 5) is 18.0. The molecule has 0 aliphatic rings. The molecule has 0 aliphatic heterocycles. The van der Waals surface area contributed by atoms with Crippen molar-refractivity contribution in [2.24, 2.45) is 0 Å². The van der Waals surface area contributed by atoms with E-state index in [2.05, 4.69) is 15.1 Å². The Morgan fingerprint density at radius 1 is 1.28 bits per heavy atom. The summed E-state index contributed by atoms with van der Waals surface area (Å²) in [5.41, 5.74) is -1.47. The summed E-state index contributed by atoms with van der Waals surface area (Å²) in [7, 11) is 0. The zero-order valence-electron chi connectivity index (χ0n) is 8.59. The Balaban J connectivity index is 2.50. The maximum atomic E-state index is 12.4. The molecule has 6 nitrogen and oxygen atoms in total. The van der Waals surface area contributed by atoms with E-state index in [-0.39, 0.29) is 5.82 Å². The van der Waals surface area contributed by atoms with Gasteiger partial charge in [-0.25, -0.2) is 19.4 Å². The van der Waals surface area contributed by atoms with Crippen molar-refractivity contribution in [1.82, 2.24) is 19.7 Å². The lowest BCUT2D eigenvalue weighted by Crippen LogP contribution is -2.10. The van der Waals surface area contributed by atoms with E-state index in [0.29, 0.717) is 12.4 Å². The van der Waals surface area contributed by atoms with E-state index in [9.17, 15) is 18.0 Å². The average molecular weight is 258 g/mol. The largest absolute Gasteiger partial charge is 0.476 e. The molecule has 0 atom stereocenters. The molecular weight excluding hydrogens is 253 g/mol. The number of aromatic carboxylic acids is 1. The molecule has 0 spiro atoms. The predicted molar refractivity (Wildman–Crippen MR) is 51.1 cm³/mol. The zero-order valence-corrected chi connectivity index (χ0v) is 8.59. The quantitative estimate of drug-likeness (QED) is 0.880. The highest BCUT2D eigenvalue weighted by molar-refractivity contribution is 5.88. The Labute approximate surface area is 97.7 Å². The number of rotatable bonds is 2. The summed E-state index contributed by atoms with van der Waals surface area (Å²) < 4.78 is 37.8. The molecule has 0 unspecified atom stereocenters. The van der Waals surface area contributed by atoms with E-state index < -0.39 is 23.4 Å². The molecule has 2 aromatic heterocycles. The van der Waals surface area contributed by atoms with Crippen LogP contribution in [0, 0.1) is 0 Å². The molecule has 0 amide bonds. The number of nitrogens with zero attached hydrogens (tertiary/aromatic N) is 4. The van der Waals surface area contributed by atoms with Crippen LogP contribution in [-0.4, -0.2) is 30.8 Å². The first-order valence-electron chi connectivity index (χ1n) is 4.56. The molecule has 0 aromatic carbocycles. The van der Waals surface area contributed by atoms with Crippen LogP contribution in [0.15, 0.2) is 24.8 Å². The molecule has 18 heavy (non-hydrogen) atoms. The van der Waals surface area contributed by atoms with Gasteiger partial charge >= 0.3 is 12.1 Å². The number of alkyl halides is 3. The van der Waals surface area contributed by atoms with Gasteiger partial charge in [0.05, 0.1) is 11.8 Å². The van der Waals surface area contributed by atoms with E-state index >= 15 is 0 Å². The number of carboxylic acids is 1. The molecule has 0 saturated carbocycles. The van der Waals surface area contributed by atoms with Crippen LogP contribution in [-0.2, 0) is 6.18 Å². The predicted octanol–water partition coefficient (Wildman–Crippen LogP) is 1.38. The highest BCUT2D eigenvalue weighted by Gasteiger charge is 2.32. The smallest absolute Gasteiger partial charge is 0.419 e. The lowest BCUT2D eigenvalue weighted by molar-refractivity contribution is -0.137. The standard InChI is InChI=1S/C9H5F3N4O2/c10-9(11,12)5-3-15-16(4-5)7-6(8(17)18)13-1-2-14-7/h1-4H,(H,17,18). The summed E-state index contributed by atoms with van der Waals surface area (Å²) in [5, 5.41) is 12.3. The van der Waals surface area contributed by atoms with Gasteiger partial charge in [0.25, 0.3) is 0 Å². The fourth-order valence-electron chi connectivity index (χ4n) is 1.23. The molecule has 94 valence electrons. The van der Waals surface area contributed by atoms with Gasteiger partial charge in [0, 0.05) is 18.6 Å². The minimum Gasteiger partial charge on any atom is -0.476 e. The van der Waals surface area contributed by atoms with E-state index in [0.717, 1.165) is 17.1 Å². The average Bonchev–Trinajstić information content (AvgIpc) is 2.77. The van der Waals surface area contributed by atoms with Crippen LogP contribution < -0.4 is 0 Å². The Bertz CT molecular complexity index is 593. The molecule has 0 bridgehead atoms. The van der Waals surface area contributed by atoms with Crippen molar-refractivity contribution >= 4 is 5.97 Å². The summed E-state index contributed by atoms with van der Waals surface area (Å²) in [6.45, 7) is 0. The van der Waals surface area contributed by atoms with Crippen LogP contribution in [0.4, 0.5) is 13.2 Å². The third-order valence-corrected chi connectivity index (χ3v) is 2.01. The number of halogens is 3. The Morgan fingerprint density at radius 2 is 1.94 bits per heavy atom. The third-order valence-electron chi connectivity index (χ3n) is 2.01. The summed E-state index contributed by atoms with van der Waals surface area (Å²) in [6, 6.07) is 0. The van der Waals surface area contributed by atoms with Gasteiger partial charge in [0.2, 0.25) is 0 Å². The molecule has 0 saturated heterocycles. The second-order valence-corrected chi connectivity index (χ2v) is 3.21. The van der Waals surface area contributed by atoms with E-state index in [1.165, 1.54) is 0 Å². The van der Waals surface area contributed by atoms with Crippen molar-refractivity contribution in [3.63, 3.8) is 0 Å². The van der Waals surface area contributed by atoms with Gasteiger partial charge in [-0.15, -0.1) is 0 Å². The highest BCUT2D eigenvalue weighted by Crippen LogP contribution is 2.29. The Morgan fingerprint density at radius 3 is 2.50 bits per heavy atom. The van der Waals surface area contributed by atoms with Crippen molar-refractivity contribution in [2.45, 2.75) is 6.18 Å². The molecule has 1 N–H and O–H groups in total. The molecule has 0 radical (unpaired) electrons. The molecule has 2 rings (SSSR count). The zero-order chi connectivity index (χ0) is 13.3. The van der Waals surface area contributed by atoms with Gasteiger partial charge in [-0.1, -0.05) is 0 Å². The first-order chi connectivity index (χ1) is 8.39. The number of carboxylic acid groups (broad SMARTS) is 1. The van der Waals surface area contributed by atoms with E-state index in [4.69, 9.17) is 5.11 Å². The second-order valence-electron chi connectivity index (χ2n) is 3.21. The van der Waals surface area contributed by atoms with Crippen molar-refractivity contribution in [3.8, 4) is 5.82 Å². The molecule has 0 aliphatic carbocycles.